The number of methoxy groups -OCH3 is 3. The Hall–Kier alpha value is -3.75. The molecule has 1 unspecified atom stereocenters. The number of halogens is 3. The van der Waals surface area contributed by atoms with Crippen LogP contribution in [0.1, 0.15) is 17.2 Å². The van der Waals surface area contributed by atoms with E-state index in [9.17, 15) is 19.1 Å². The zero-order chi connectivity index (χ0) is 26.1. The summed E-state index contributed by atoms with van der Waals surface area (Å²) in [6.45, 7) is 0. The molecule has 1 amide bonds. The van der Waals surface area contributed by atoms with Crippen LogP contribution in [0.25, 0.3) is 5.76 Å². The number of carbonyl (C=O) groups excluding carboxylic acids is 2. The fraction of sp³-hybridized carbons (Fsp3) is 0.154. The van der Waals surface area contributed by atoms with Gasteiger partial charge in [-0.2, -0.15) is 0 Å². The number of ketones is 1. The highest BCUT2D eigenvalue weighted by atomic mass is 35.5. The third kappa shape index (κ3) is 4.23. The Labute approximate surface area is 216 Å². The summed E-state index contributed by atoms with van der Waals surface area (Å²) in [5.41, 5.74) is 0.432. The highest BCUT2D eigenvalue weighted by molar-refractivity contribution is 6.52. The van der Waals surface area contributed by atoms with Gasteiger partial charge in [-0.05, 0) is 35.9 Å². The molecule has 1 N–H and O–H groups in total. The van der Waals surface area contributed by atoms with Gasteiger partial charge >= 0.3 is 0 Å². The molecule has 1 saturated heterocycles. The van der Waals surface area contributed by atoms with Gasteiger partial charge in [-0.1, -0.05) is 41.4 Å². The molecule has 0 bridgehead atoms. The number of hydrogen-bond donors (Lipinski definition) is 1. The van der Waals surface area contributed by atoms with Gasteiger partial charge in [-0.15, -0.1) is 0 Å². The van der Waals surface area contributed by atoms with Gasteiger partial charge in [0.2, 0.25) is 0 Å². The monoisotopic (exact) mass is 531 g/mol. The Morgan fingerprint density at radius 2 is 1.61 bits per heavy atom. The summed E-state index contributed by atoms with van der Waals surface area (Å²) in [5, 5.41) is 11.4. The fourth-order valence-corrected chi connectivity index (χ4v) is 4.80. The summed E-state index contributed by atoms with van der Waals surface area (Å²) in [7, 11) is 4.14. The molecule has 186 valence electrons. The Bertz CT molecular complexity index is 1390. The van der Waals surface area contributed by atoms with Gasteiger partial charge in [0.05, 0.1) is 43.5 Å². The quantitative estimate of drug-likeness (QED) is 0.246. The number of aliphatic hydroxyl groups is 1. The zero-order valence-electron chi connectivity index (χ0n) is 19.3. The number of ether oxygens (including phenoxy) is 3. The first-order valence-electron chi connectivity index (χ1n) is 10.5. The summed E-state index contributed by atoms with van der Waals surface area (Å²) >= 11 is 12.7. The average molecular weight is 532 g/mol. The SMILES string of the molecule is COc1cccc(N2C(=O)C(=O)/C(=C(/O)c3cc(Cl)c(OC)c(Cl)c3OC)C2c2ccc(F)cc2)c1. The minimum Gasteiger partial charge on any atom is -0.507 e. The van der Waals surface area contributed by atoms with Crippen LogP contribution in [0.4, 0.5) is 10.1 Å². The Kier molecular flexibility index (Phi) is 7.10. The number of Topliss-reactive ketones (excluding diaryl/α,β-unsaturated/α-hetero) is 1. The van der Waals surface area contributed by atoms with Crippen molar-refractivity contribution in [3.05, 3.63) is 87.2 Å². The maximum atomic E-state index is 13.7. The van der Waals surface area contributed by atoms with Crippen LogP contribution < -0.4 is 19.1 Å². The van der Waals surface area contributed by atoms with Crippen LogP contribution in [-0.2, 0) is 9.59 Å². The van der Waals surface area contributed by atoms with Crippen molar-refractivity contribution in [3.8, 4) is 17.2 Å². The second-order valence-corrected chi connectivity index (χ2v) is 8.49. The molecule has 1 aliphatic rings. The Balaban J connectivity index is 2.01. The number of benzene rings is 3. The predicted molar refractivity (Wildman–Crippen MR) is 134 cm³/mol. The van der Waals surface area contributed by atoms with E-state index in [-0.39, 0.29) is 32.7 Å². The molecule has 3 aromatic rings. The minimum absolute atomic E-state index is 0.0131. The van der Waals surface area contributed by atoms with Gasteiger partial charge in [0.25, 0.3) is 11.7 Å². The number of hydrogen-bond acceptors (Lipinski definition) is 6. The lowest BCUT2D eigenvalue weighted by atomic mass is 9.94. The number of amides is 1. The van der Waals surface area contributed by atoms with Crippen LogP contribution in [-0.4, -0.2) is 38.1 Å². The molecule has 1 aliphatic heterocycles. The van der Waals surface area contributed by atoms with Gasteiger partial charge in [0.1, 0.15) is 22.3 Å². The molecule has 0 aromatic heterocycles. The molecule has 0 aliphatic carbocycles. The van der Waals surface area contributed by atoms with Gasteiger partial charge in [0, 0.05) is 11.8 Å². The molecule has 0 radical (unpaired) electrons. The van der Waals surface area contributed by atoms with Crippen molar-refractivity contribution < 1.29 is 33.3 Å². The lowest BCUT2D eigenvalue weighted by molar-refractivity contribution is -0.132. The zero-order valence-corrected chi connectivity index (χ0v) is 20.9. The van der Waals surface area contributed by atoms with E-state index in [1.165, 1.54) is 56.6 Å². The number of carbonyl (C=O) groups is 2. The Morgan fingerprint density at radius 3 is 2.22 bits per heavy atom. The van der Waals surface area contributed by atoms with Crippen molar-refractivity contribution in [1.82, 2.24) is 0 Å². The van der Waals surface area contributed by atoms with E-state index in [1.54, 1.807) is 24.3 Å². The van der Waals surface area contributed by atoms with Crippen molar-refractivity contribution in [2.75, 3.05) is 26.2 Å². The van der Waals surface area contributed by atoms with E-state index in [1.807, 2.05) is 0 Å². The maximum absolute atomic E-state index is 13.7. The van der Waals surface area contributed by atoms with Crippen molar-refractivity contribution in [2.24, 2.45) is 0 Å². The second kappa shape index (κ2) is 10.1. The first kappa shape index (κ1) is 25.3. The highest BCUT2D eigenvalue weighted by Crippen LogP contribution is 2.48. The molecule has 36 heavy (non-hydrogen) atoms. The smallest absolute Gasteiger partial charge is 0.300 e. The molecular weight excluding hydrogens is 512 g/mol. The first-order valence-corrected chi connectivity index (χ1v) is 11.3. The maximum Gasteiger partial charge on any atom is 0.300 e. The highest BCUT2D eigenvalue weighted by Gasteiger charge is 2.47. The number of nitrogens with zero attached hydrogens (tertiary/aromatic N) is 1. The van der Waals surface area contributed by atoms with E-state index in [4.69, 9.17) is 37.4 Å². The largest absolute Gasteiger partial charge is 0.507 e. The second-order valence-electron chi connectivity index (χ2n) is 7.71. The molecular formula is C26H20Cl2FNO6. The number of anilines is 1. The topological polar surface area (TPSA) is 85.3 Å². The molecule has 1 atom stereocenters. The van der Waals surface area contributed by atoms with Crippen LogP contribution in [0.5, 0.6) is 17.2 Å². The summed E-state index contributed by atoms with van der Waals surface area (Å²) < 4.78 is 29.6. The summed E-state index contributed by atoms with van der Waals surface area (Å²) in [4.78, 5) is 27.9. The summed E-state index contributed by atoms with van der Waals surface area (Å²) in [5.74, 6) is -2.40. The van der Waals surface area contributed by atoms with Crippen LogP contribution in [0.15, 0.2) is 60.2 Å². The van der Waals surface area contributed by atoms with E-state index >= 15 is 0 Å². The molecule has 0 spiro atoms. The van der Waals surface area contributed by atoms with Gasteiger partial charge in [-0.25, -0.2) is 4.39 Å². The normalized spacial score (nSPS) is 16.8. The van der Waals surface area contributed by atoms with E-state index in [0.717, 1.165) is 0 Å². The summed E-state index contributed by atoms with van der Waals surface area (Å²) in [6, 6.07) is 12.0. The molecule has 4 rings (SSSR count). The third-order valence-electron chi connectivity index (χ3n) is 5.76. The molecule has 10 heteroatoms. The van der Waals surface area contributed by atoms with Gasteiger partial charge < -0.3 is 19.3 Å². The van der Waals surface area contributed by atoms with Crippen LogP contribution >= 0.6 is 23.2 Å². The van der Waals surface area contributed by atoms with E-state index < -0.39 is 29.3 Å². The van der Waals surface area contributed by atoms with Crippen molar-refractivity contribution in [3.63, 3.8) is 0 Å². The Morgan fingerprint density at radius 1 is 0.944 bits per heavy atom. The minimum atomic E-state index is -1.11. The summed E-state index contributed by atoms with van der Waals surface area (Å²) in [6.07, 6.45) is 0. The molecule has 0 saturated carbocycles. The van der Waals surface area contributed by atoms with E-state index in [2.05, 4.69) is 0 Å². The average Bonchev–Trinajstić information content (AvgIpc) is 3.14. The third-order valence-corrected chi connectivity index (χ3v) is 6.38. The van der Waals surface area contributed by atoms with Gasteiger partial charge in [-0.3, -0.25) is 14.5 Å². The van der Waals surface area contributed by atoms with Crippen LogP contribution in [0, 0.1) is 5.82 Å². The predicted octanol–water partition coefficient (Wildman–Crippen LogP) is 5.78. The van der Waals surface area contributed by atoms with Crippen molar-refractivity contribution in [1.29, 1.82) is 0 Å². The van der Waals surface area contributed by atoms with Gasteiger partial charge in [0.15, 0.2) is 11.5 Å². The lowest BCUT2D eigenvalue weighted by Crippen LogP contribution is -2.29. The molecule has 7 nitrogen and oxygen atoms in total. The van der Waals surface area contributed by atoms with Crippen LogP contribution in [0.3, 0.4) is 0 Å². The first-order chi connectivity index (χ1) is 17.2. The van der Waals surface area contributed by atoms with Crippen molar-refractivity contribution in [2.45, 2.75) is 6.04 Å². The fourth-order valence-electron chi connectivity index (χ4n) is 4.11. The number of aliphatic hydroxyl groups excluding tert-OH is 1. The molecule has 1 fully saturated rings. The molecule has 3 aromatic carbocycles. The van der Waals surface area contributed by atoms with E-state index in [0.29, 0.717) is 17.0 Å². The van der Waals surface area contributed by atoms with Crippen molar-refractivity contribution >= 4 is 46.3 Å². The number of rotatable bonds is 6. The lowest BCUT2D eigenvalue weighted by Gasteiger charge is -2.26. The molecule has 1 heterocycles. The standard InChI is InChI=1S/C26H20Cl2FNO6/c1-34-16-6-4-5-15(11-16)30-21(13-7-9-14(29)10-8-13)19(23(32)26(30)33)22(31)17-12-18(27)25(36-3)20(28)24(17)35-2/h4-12,21,31H,1-3H3/b22-19+. The van der Waals surface area contributed by atoms with Crippen LogP contribution in [0.2, 0.25) is 10.0 Å².